The number of esters is 1. The first kappa shape index (κ1) is 15.8. The highest BCUT2D eigenvalue weighted by molar-refractivity contribution is 8.02. The molecule has 0 amide bonds. The van der Waals surface area contributed by atoms with Crippen LogP contribution >= 0.6 is 23.5 Å². The first-order valence-corrected chi connectivity index (χ1v) is 8.18. The lowest BCUT2D eigenvalue weighted by molar-refractivity contribution is 0.0475. The van der Waals surface area contributed by atoms with Crippen LogP contribution in [0.4, 0.5) is 4.39 Å². The van der Waals surface area contributed by atoms with E-state index in [-0.39, 0.29) is 18.3 Å². The molecule has 0 aliphatic heterocycles. The lowest BCUT2D eigenvalue weighted by Gasteiger charge is -2.01. The lowest BCUT2D eigenvalue weighted by atomic mass is 10.3. The third-order valence-electron chi connectivity index (χ3n) is 2.26. The fraction of sp³-hybridized carbons (Fsp3) is 0.308. The first-order chi connectivity index (χ1) is 10.2. The van der Waals surface area contributed by atoms with Crippen LogP contribution in [-0.2, 0) is 4.74 Å². The highest BCUT2D eigenvalue weighted by atomic mass is 32.2. The molecular formula is C13H13FN2O3S2. The number of ether oxygens (including phenoxy) is 1. The Balaban J connectivity index is 1.76. The third kappa shape index (κ3) is 4.75. The Morgan fingerprint density at radius 3 is 2.81 bits per heavy atom. The van der Waals surface area contributed by atoms with Gasteiger partial charge in [-0.2, -0.15) is 0 Å². The summed E-state index contributed by atoms with van der Waals surface area (Å²) in [5, 5.41) is 7.65. The van der Waals surface area contributed by atoms with Crippen LogP contribution in [0, 0.1) is 5.82 Å². The quantitative estimate of drug-likeness (QED) is 0.439. The minimum absolute atomic E-state index is 0.152. The van der Waals surface area contributed by atoms with Gasteiger partial charge in [0.05, 0.1) is 6.61 Å². The van der Waals surface area contributed by atoms with Crippen molar-refractivity contribution in [2.24, 2.45) is 0 Å². The van der Waals surface area contributed by atoms with Crippen molar-refractivity contribution in [3.63, 3.8) is 0 Å². The van der Waals surface area contributed by atoms with Gasteiger partial charge in [-0.05, 0) is 19.1 Å². The Labute approximate surface area is 129 Å². The largest absolute Gasteiger partial charge is 0.459 e. The molecule has 2 rings (SSSR count). The second-order valence-electron chi connectivity index (χ2n) is 3.72. The van der Waals surface area contributed by atoms with Crippen molar-refractivity contribution in [3.05, 3.63) is 36.0 Å². The molecule has 1 heterocycles. The van der Waals surface area contributed by atoms with Crippen LogP contribution in [0.2, 0.25) is 0 Å². The summed E-state index contributed by atoms with van der Waals surface area (Å²) in [6.07, 6.45) is 0. The van der Waals surface area contributed by atoms with Crippen molar-refractivity contribution >= 4 is 29.5 Å². The van der Waals surface area contributed by atoms with Crippen LogP contribution in [0.15, 0.2) is 38.8 Å². The number of halogens is 1. The standard InChI is InChI=1S/C13H13FN2O3S2/c1-2-18-12(17)11-15-16-13(19-11)21-8-7-20-10-6-4-3-5-9(10)14/h3-6H,2,7-8H2,1H3. The second kappa shape index (κ2) is 8.04. The molecule has 0 N–H and O–H groups in total. The van der Waals surface area contributed by atoms with Gasteiger partial charge in [-0.25, -0.2) is 9.18 Å². The molecule has 112 valence electrons. The molecular weight excluding hydrogens is 315 g/mol. The maximum absolute atomic E-state index is 13.4. The number of benzene rings is 1. The molecule has 8 heteroatoms. The van der Waals surface area contributed by atoms with Crippen molar-refractivity contribution in [2.45, 2.75) is 17.0 Å². The Morgan fingerprint density at radius 1 is 1.29 bits per heavy atom. The van der Waals surface area contributed by atoms with Crippen LogP contribution in [0.3, 0.4) is 0 Å². The van der Waals surface area contributed by atoms with Crippen LogP contribution in [0.1, 0.15) is 17.6 Å². The maximum Gasteiger partial charge on any atom is 0.396 e. The molecule has 0 radical (unpaired) electrons. The summed E-state index contributed by atoms with van der Waals surface area (Å²) in [5.74, 6) is 0.334. The Hall–Kier alpha value is -1.54. The van der Waals surface area contributed by atoms with E-state index < -0.39 is 5.97 Å². The summed E-state index contributed by atoms with van der Waals surface area (Å²) >= 11 is 2.72. The summed E-state index contributed by atoms with van der Waals surface area (Å²) in [6.45, 7) is 1.95. The Kier molecular flexibility index (Phi) is 6.06. The Bertz CT molecular complexity index is 607. The molecule has 1 aromatic carbocycles. The number of hydrogen-bond donors (Lipinski definition) is 0. The van der Waals surface area contributed by atoms with Gasteiger partial charge in [0.25, 0.3) is 5.22 Å². The van der Waals surface area contributed by atoms with Crippen molar-refractivity contribution in [1.29, 1.82) is 0 Å². The number of nitrogens with zero attached hydrogens (tertiary/aromatic N) is 2. The van der Waals surface area contributed by atoms with Crippen molar-refractivity contribution in [2.75, 3.05) is 18.1 Å². The zero-order chi connectivity index (χ0) is 15.1. The fourth-order valence-electron chi connectivity index (χ4n) is 1.39. The van der Waals surface area contributed by atoms with E-state index in [9.17, 15) is 9.18 Å². The minimum Gasteiger partial charge on any atom is -0.459 e. The summed E-state index contributed by atoms with van der Waals surface area (Å²) in [5.41, 5.74) is 0. The number of aromatic nitrogens is 2. The predicted molar refractivity (Wildman–Crippen MR) is 78.1 cm³/mol. The SMILES string of the molecule is CCOC(=O)c1nnc(SCCSc2ccccc2F)o1. The molecule has 0 aliphatic rings. The van der Waals surface area contributed by atoms with Crippen LogP contribution < -0.4 is 0 Å². The van der Waals surface area contributed by atoms with Crippen LogP contribution in [-0.4, -0.2) is 34.3 Å². The van der Waals surface area contributed by atoms with E-state index in [0.717, 1.165) is 0 Å². The number of carbonyl (C=O) groups is 1. The van der Waals surface area contributed by atoms with Gasteiger partial charge in [-0.15, -0.1) is 16.9 Å². The van der Waals surface area contributed by atoms with Gasteiger partial charge in [-0.1, -0.05) is 29.0 Å². The maximum atomic E-state index is 13.4. The van der Waals surface area contributed by atoms with Crippen molar-refractivity contribution in [1.82, 2.24) is 10.2 Å². The molecule has 0 unspecified atom stereocenters. The number of carbonyl (C=O) groups excluding carboxylic acids is 1. The lowest BCUT2D eigenvalue weighted by Crippen LogP contribution is -2.04. The fourth-order valence-corrected chi connectivity index (χ4v) is 3.06. The monoisotopic (exact) mass is 328 g/mol. The van der Waals surface area contributed by atoms with E-state index in [0.29, 0.717) is 21.6 Å². The summed E-state index contributed by atoms with van der Waals surface area (Å²) in [7, 11) is 0. The van der Waals surface area contributed by atoms with E-state index in [4.69, 9.17) is 9.15 Å². The molecule has 0 saturated heterocycles. The van der Waals surface area contributed by atoms with E-state index in [2.05, 4.69) is 10.2 Å². The highest BCUT2D eigenvalue weighted by Crippen LogP contribution is 2.24. The molecule has 0 aliphatic carbocycles. The second-order valence-corrected chi connectivity index (χ2v) is 5.90. The topological polar surface area (TPSA) is 65.2 Å². The van der Waals surface area contributed by atoms with Gasteiger partial charge >= 0.3 is 11.9 Å². The minimum atomic E-state index is -0.627. The van der Waals surface area contributed by atoms with E-state index >= 15 is 0 Å². The molecule has 0 bridgehead atoms. The number of hydrogen-bond acceptors (Lipinski definition) is 7. The van der Waals surface area contributed by atoms with Gasteiger partial charge in [0, 0.05) is 16.4 Å². The molecule has 2 aromatic rings. The van der Waals surface area contributed by atoms with Gasteiger partial charge in [0.1, 0.15) is 5.82 Å². The summed E-state index contributed by atoms with van der Waals surface area (Å²) in [6, 6.07) is 6.61. The van der Waals surface area contributed by atoms with Gasteiger partial charge < -0.3 is 9.15 Å². The van der Waals surface area contributed by atoms with Gasteiger partial charge in [0.15, 0.2) is 0 Å². The average molecular weight is 328 g/mol. The van der Waals surface area contributed by atoms with E-state index in [1.165, 1.54) is 29.6 Å². The predicted octanol–water partition coefficient (Wildman–Crippen LogP) is 3.27. The molecule has 21 heavy (non-hydrogen) atoms. The normalized spacial score (nSPS) is 10.6. The zero-order valence-electron chi connectivity index (χ0n) is 11.2. The summed E-state index contributed by atoms with van der Waals surface area (Å²) < 4.78 is 23.3. The van der Waals surface area contributed by atoms with Crippen molar-refractivity contribution < 1.29 is 18.3 Å². The smallest absolute Gasteiger partial charge is 0.396 e. The van der Waals surface area contributed by atoms with E-state index in [1.807, 2.05) is 0 Å². The molecule has 0 spiro atoms. The molecule has 0 fully saturated rings. The van der Waals surface area contributed by atoms with Crippen molar-refractivity contribution in [3.8, 4) is 0 Å². The molecule has 0 atom stereocenters. The highest BCUT2D eigenvalue weighted by Gasteiger charge is 2.15. The molecule has 1 aromatic heterocycles. The van der Waals surface area contributed by atoms with Crippen LogP contribution in [0.25, 0.3) is 0 Å². The van der Waals surface area contributed by atoms with E-state index in [1.54, 1.807) is 25.1 Å². The average Bonchev–Trinajstić information content (AvgIpc) is 2.94. The zero-order valence-corrected chi connectivity index (χ0v) is 12.9. The third-order valence-corrected chi connectivity index (χ3v) is 4.39. The van der Waals surface area contributed by atoms with Crippen LogP contribution in [0.5, 0.6) is 0 Å². The van der Waals surface area contributed by atoms with Gasteiger partial charge in [-0.3, -0.25) is 0 Å². The first-order valence-electron chi connectivity index (χ1n) is 6.21. The van der Waals surface area contributed by atoms with Gasteiger partial charge in [0.2, 0.25) is 0 Å². The number of thioether (sulfide) groups is 2. The molecule has 5 nitrogen and oxygen atoms in total. The molecule has 0 saturated carbocycles. The summed E-state index contributed by atoms with van der Waals surface area (Å²) in [4.78, 5) is 11.9. The number of rotatable bonds is 7. The Morgan fingerprint density at radius 2 is 2.05 bits per heavy atom.